The van der Waals surface area contributed by atoms with Crippen molar-refractivity contribution in [3.63, 3.8) is 0 Å². The molecule has 2 fully saturated rings. The lowest BCUT2D eigenvalue weighted by molar-refractivity contribution is -0.137. The number of rotatable bonds is 7. The highest BCUT2D eigenvalue weighted by molar-refractivity contribution is 7.89. The van der Waals surface area contributed by atoms with Gasteiger partial charge in [0, 0.05) is 23.6 Å². The molecule has 0 spiro atoms. The second kappa shape index (κ2) is 10.2. The number of carbonyl (C=O) groups is 1. The van der Waals surface area contributed by atoms with Gasteiger partial charge in [-0.3, -0.25) is 4.79 Å². The molecular formula is C26H23F4N3O4S. The molecule has 2 aliphatic rings. The van der Waals surface area contributed by atoms with Crippen LogP contribution in [0.25, 0.3) is 11.3 Å². The summed E-state index contributed by atoms with van der Waals surface area (Å²) in [6.45, 7) is 0.531. The molecule has 3 aromatic rings. The Morgan fingerprint density at radius 2 is 1.74 bits per heavy atom. The molecule has 7 nitrogen and oxygen atoms in total. The van der Waals surface area contributed by atoms with Gasteiger partial charge >= 0.3 is 6.18 Å². The highest BCUT2D eigenvalue weighted by atomic mass is 32.2. The van der Waals surface area contributed by atoms with E-state index in [1.54, 1.807) is 6.07 Å². The zero-order valence-corrected chi connectivity index (χ0v) is 20.8. The molecule has 0 N–H and O–H groups in total. The maximum Gasteiger partial charge on any atom is 0.416 e. The Morgan fingerprint density at radius 3 is 2.42 bits per heavy atom. The number of ketones is 1. The van der Waals surface area contributed by atoms with E-state index in [-0.39, 0.29) is 36.0 Å². The summed E-state index contributed by atoms with van der Waals surface area (Å²) in [5, 5.41) is 0. The number of Topliss-reactive ketones (excluding diaryl/α,β-unsaturated/α-hetero) is 1. The van der Waals surface area contributed by atoms with E-state index in [2.05, 4.69) is 9.97 Å². The fraction of sp³-hybridized carbons (Fsp3) is 0.346. The molecule has 0 aliphatic carbocycles. The van der Waals surface area contributed by atoms with Crippen LogP contribution in [0.3, 0.4) is 0 Å². The van der Waals surface area contributed by atoms with Gasteiger partial charge < -0.3 is 4.74 Å². The predicted octanol–water partition coefficient (Wildman–Crippen LogP) is 4.28. The van der Waals surface area contributed by atoms with E-state index in [1.807, 2.05) is 0 Å². The lowest BCUT2D eigenvalue weighted by atomic mass is 9.99. The average Bonchev–Trinajstić information content (AvgIpc) is 3.49. The van der Waals surface area contributed by atoms with Crippen molar-refractivity contribution in [1.29, 1.82) is 0 Å². The lowest BCUT2D eigenvalue weighted by Gasteiger charge is -2.27. The lowest BCUT2D eigenvalue weighted by Crippen LogP contribution is -2.46. The molecule has 0 saturated carbocycles. The first-order chi connectivity index (χ1) is 18.0. The van der Waals surface area contributed by atoms with Crippen LogP contribution in [0.5, 0.6) is 0 Å². The first-order valence-electron chi connectivity index (χ1n) is 11.9. The highest BCUT2D eigenvalue weighted by Crippen LogP contribution is 2.39. The smallest absolute Gasteiger partial charge is 0.379 e. The fourth-order valence-electron chi connectivity index (χ4n) is 5.00. The van der Waals surface area contributed by atoms with Gasteiger partial charge in [-0.05, 0) is 55.3 Å². The molecule has 38 heavy (non-hydrogen) atoms. The summed E-state index contributed by atoms with van der Waals surface area (Å²) in [6, 6.07) is 9.28. The molecule has 2 aromatic carbocycles. The van der Waals surface area contributed by atoms with Gasteiger partial charge in [0.15, 0.2) is 5.78 Å². The fourth-order valence-corrected chi connectivity index (χ4v) is 6.85. The Labute approximate surface area is 216 Å². The molecule has 0 radical (unpaired) electrons. The molecule has 200 valence electrons. The van der Waals surface area contributed by atoms with Crippen molar-refractivity contribution in [3.8, 4) is 11.3 Å². The SMILES string of the molecule is O=C(CCc1cc(-c2ccc(C(F)(F)F)cc2)ncn1)[C@@H]1C[C@H]2COC[C@H]2N1S(=O)(=O)c1ccc(F)cc1. The van der Waals surface area contributed by atoms with E-state index in [9.17, 15) is 30.8 Å². The number of hydrogen-bond acceptors (Lipinski definition) is 6. The monoisotopic (exact) mass is 549 g/mol. The van der Waals surface area contributed by atoms with Gasteiger partial charge in [0.05, 0.1) is 41.5 Å². The van der Waals surface area contributed by atoms with Gasteiger partial charge in [0.2, 0.25) is 10.0 Å². The second-order valence-corrected chi connectivity index (χ2v) is 11.2. The van der Waals surface area contributed by atoms with Crippen LogP contribution in [0.4, 0.5) is 17.6 Å². The van der Waals surface area contributed by atoms with E-state index in [1.165, 1.54) is 34.9 Å². The van der Waals surface area contributed by atoms with Crippen LogP contribution in [-0.2, 0) is 32.2 Å². The first kappa shape index (κ1) is 26.4. The number of halogens is 4. The highest BCUT2D eigenvalue weighted by Gasteiger charge is 2.52. The van der Waals surface area contributed by atoms with Crippen LogP contribution >= 0.6 is 0 Å². The number of aromatic nitrogens is 2. The molecule has 0 unspecified atom stereocenters. The number of carbonyl (C=O) groups excluding carboxylic acids is 1. The van der Waals surface area contributed by atoms with E-state index in [0.717, 1.165) is 24.3 Å². The molecular weight excluding hydrogens is 526 g/mol. The maximum atomic E-state index is 13.5. The normalized spacial score (nSPS) is 21.9. The molecule has 1 aromatic heterocycles. The van der Waals surface area contributed by atoms with Gasteiger partial charge in [-0.25, -0.2) is 22.8 Å². The van der Waals surface area contributed by atoms with Gasteiger partial charge in [-0.2, -0.15) is 17.5 Å². The van der Waals surface area contributed by atoms with Gasteiger partial charge in [0.25, 0.3) is 0 Å². The minimum Gasteiger partial charge on any atom is -0.379 e. The molecule has 3 atom stereocenters. The maximum absolute atomic E-state index is 13.5. The summed E-state index contributed by atoms with van der Waals surface area (Å²) < 4.78 is 85.6. The van der Waals surface area contributed by atoms with E-state index < -0.39 is 39.7 Å². The van der Waals surface area contributed by atoms with Crippen molar-refractivity contribution in [2.75, 3.05) is 13.2 Å². The van der Waals surface area contributed by atoms with Gasteiger partial charge in [-0.15, -0.1) is 0 Å². The number of benzene rings is 2. The number of fused-ring (bicyclic) bond motifs is 1. The third-order valence-electron chi connectivity index (χ3n) is 6.94. The van der Waals surface area contributed by atoms with Crippen LogP contribution in [0.1, 0.15) is 24.1 Å². The Kier molecular flexibility index (Phi) is 7.05. The number of hydrogen-bond donors (Lipinski definition) is 0. The predicted molar refractivity (Wildman–Crippen MR) is 128 cm³/mol. The Bertz CT molecular complexity index is 1430. The number of sulfonamides is 1. The zero-order valence-electron chi connectivity index (χ0n) is 19.9. The summed E-state index contributed by atoms with van der Waals surface area (Å²) in [4.78, 5) is 21.5. The molecule has 5 rings (SSSR count). The molecule has 3 heterocycles. The van der Waals surface area contributed by atoms with Crippen molar-refractivity contribution >= 4 is 15.8 Å². The van der Waals surface area contributed by atoms with Crippen LogP contribution in [0.2, 0.25) is 0 Å². The minimum atomic E-state index is -4.45. The number of alkyl halides is 3. The van der Waals surface area contributed by atoms with Gasteiger partial charge in [-0.1, -0.05) is 12.1 Å². The summed E-state index contributed by atoms with van der Waals surface area (Å²) in [7, 11) is -4.08. The summed E-state index contributed by atoms with van der Waals surface area (Å²) in [5.41, 5.74) is 0.600. The van der Waals surface area contributed by atoms with Crippen LogP contribution in [0.15, 0.2) is 65.8 Å². The molecule has 2 aliphatic heterocycles. The Balaban J connectivity index is 1.32. The van der Waals surface area contributed by atoms with Crippen molar-refractivity contribution in [1.82, 2.24) is 14.3 Å². The summed E-state index contributed by atoms with van der Waals surface area (Å²) in [5.74, 6) is -0.968. The number of ether oxygens (including phenoxy) is 1. The average molecular weight is 550 g/mol. The molecule has 2 saturated heterocycles. The van der Waals surface area contributed by atoms with Crippen molar-refractivity contribution in [2.24, 2.45) is 5.92 Å². The van der Waals surface area contributed by atoms with E-state index >= 15 is 0 Å². The van der Waals surface area contributed by atoms with Crippen molar-refractivity contribution < 1.29 is 35.5 Å². The Morgan fingerprint density at radius 1 is 1.03 bits per heavy atom. The van der Waals surface area contributed by atoms with Gasteiger partial charge in [0.1, 0.15) is 12.1 Å². The van der Waals surface area contributed by atoms with Crippen molar-refractivity contribution in [3.05, 3.63) is 78.0 Å². The standard InChI is InChI=1S/C26H23F4N3O4S/c27-19-5-8-21(9-6-19)38(35,36)33-23(11-17-13-37-14-24(17)33)25(34)10-7-20-12-22(32-15-31-20)16-1-3-18(4-2-16)26(28,29)30/h1-6,8-9,12,15,17,23-24H,7,10-11,13-14H2/t17-,23-,24+/m0/s1. The third kappa shape index (κ3) is 5.20. The largest absolute Gasteiger partial charge is 0.416 e. The van der Waals surface area contributed by atoms with Crippen LogP contribution in [-0.4, -0.2) is 53.8 Å². The minimum absolute atomic E-state index is 0.00384. The van der Waals surface area contributed by atoms with E-state index in [4.69, 9.17) is 4.74 Å². The van der Waals surface area contributed by atoms with E-state index in [0.29, 0.717) is 30.0 Å². The quantitative estimate of drug-likeness (QED) is 0.409. The molecule has 0 bridgehead atoms. The number of aryl methyl sites for hydroxylation is 1. The Hall–Kier alpha value is -3.22. The zero-order chi connectivity index (χ0) is 27.1. The summed E-state index contributed by atoms with van der Waals surface area (Å²) >= 11 is 0. The van der Waals surface area contributed by atoms with Crippen LogP contribution in [0, 0.1) is 11.7 Å². The topological polar surface area (TPSA) is 89.5 Å². The molecule has 0 amide bonds. The number of nitrogens with zero attached hydrogens (tertiary/aromatic N) is 3. The third-order valence-corrected chi connectivity index (χ3v) is 8.89. The van der Waals surface area contributed by atoms with Crippen LogP contribution < -0.4 is 0 Å². The first-order valence-corrected chi connectivity index (χ1v) is 13.4. The summed E-state index contributed by atoms with van der Waals surface area (Å²) in [6.07, 6.45) is -2.65. The molecule has 12 heteroatoms. The second-order valence-electron chi connectivity index (χ2n) is 9.34. The van der Waals surface area contributed by atoms with Crippen molar-refractivity contribution in [2.45, 2.75) is 42.4 Å².